The fourth-order valence-electron chi connectivity index (χ4n) is 2.67. The topological polar surface area (TPSA) is 79.8 Å². The Labute approximate surface area is 143 Å². The molecule has 0 fully saturated rings. The zero-order valence-corrected chi connectivity index (χ0v) is 13.8. The second-order valence-corrected chi connectivity index (χ2v) is 5.69. The zero-order valence-electron chi connectivity index (χ0n) is 13.8. The van der Waals surface area contributed by atoms with E-state index in [1.807, 2.05) is 6.92 Å². The molecule has 3 rings (SSSR count). The molecule has 1 amide bonds. The second kappa shape index (κ2) is 6.72. The van der Waals surface area contributed by atoms with Gasteiger partial charge in [-0.05, 0) is 44.2 Å². The van der Waals surface area contributed by atoms with Gasteiger partial charge in [-0.25, -0.2) is 9.07 Å². The Morgan fingerprint density at radius 1 is 1.32 bits per heavy atom. The molecule has 6 nitrogen and oxygen atoms in total. The van der Waals surface area contributed by atoms with Crippen molar-refractivity contribution in [1.82, 2.24) is 20.1 Å². The van der Waals surface area contributed by atoms with Crippen molar-refractivity contribution < 1.29 is 9.18 Å². The predicted octanol–water partition coefficient (Wildman–Crippen LogP) is 2.50. The summed E-state index contributed by atoms with van der Waals surface area (Å²) in [6.07, 6.45) is 3.09. The molecule has 0 aliphatic rings. The van der Waals surface area contributed by atoms with Crippen LogP contribution in [0.5, 0.6) is 0 Å². The van der Waals surface area contributed by atoms with Crippen LogP contribution >= 0.6 is 0 Å². The number of hydrogen-bond donors (Lipinski definition) is 2. The maximum Gasteiger partial charge on any atom is 0.260 e. The molecular weight excluding hydrogens is 323 g/mol. The molecule has 0 saturated heterocycles. The second-order valence-electron chi connectivity index (χ2n) is 5.69. The number of halogens is 1. The summed E-state index contributed by atoms with van der Waals surface area (Å²) in [7, 11) is 0. The van der Waals surface area contributed by atoms with E-state index in [1.165, 1.54) is 24.4 Å². The molecule has 1 aromatic carbocycles. The molecule has 0 aliphatic heterocycles. The van der Waals surface area contributed by atoms with Gasteiger partial charge < -0.3 is 10.3 Å². The van der Waals surface area contributed by atoms with Crippen LogP contribution in [0.4, 0.5) is 4.39 Å². The molecule has 0 aliphatic carbocycles. The molecule has 0 radical (unpaired) electrons. The number of carbonyl (C=O) groups excluding carboxylic acids is 1. The van der Waals surface area contributed by atoms with Crippen LogP contribution in [0.1, 0.15) is 34.6 Å². The Bertz CT molecular complexity index is 977. The van der Waals surface area contributed by atoms with Crippen LogP contribution in [0.25, 0.3) is 5.69 Å². The molecule has 0 spiro atoms. The van der Waals surface area contributed by atoms with Crippen molar-refractivity contribution in [2.75, 3.05) is 0 Å². The first kappa shape index (κ1) is 16.6. The van der Waals surface area contributed by atoms with Crippen LogP contribution in [-0.2, 0) is 0 Å². The average molecular weight is 340 g/mol. The third-order valence-electron chi connectivity index (χ3n) is 3.98. The third kappa shape index (κ3) is 3.35. The van der Waals surface area contributed by atoms with E-state index in [-0.39, 0.29) is 17.4 Å². The van der Waals surface area contributed by atoms with Crippen LogP contribution in [-0.4, -0.2) is 20.7 Å². The van der Waals surface area contributed by atoms with E-state index >= 15 is 0 Å². The Morgan fingerprint density at radius 3 is 2.84 bits per heavy atom. The summed E-state index contributed by atoms with van der Waals surface area (Å²) < 4.78 is 15.0. The number of hydrogen-bond acceptors (Lipinski definition) is 3. The summed E-state index contributed by atoms with van der Waals surface area (Å²) in [6, 6.07) is 8.80. The van der Waals surface area contributed by atoms with Crippen LogP contribution < -0.4 is 10.9 Å². The van der Waals surface area contributed by atoms with E-state index in [0.717, 1.165) is 11.3 Å². The Balaban J connectivity index is 1.84. The highest BCUT2D eigenvalue weighted by Gasteiger charge is 2.18. The molecule has 25 heavy (non-hydrogen) atoms. The average Bonchev–Trinajstić information content (AvgIpc) is 2.96. The Morgan fingerprint density at radius 2 is 2.12 bits per heavy atom. The molecule has 3 aromatic rings. The standard InChI is InChI=1S/C18H17FN4O2/c1-11(22-18(25)15-7-4-8-20-17(15)24)16-10-21-23(12(16)2)14-6-3-5-13(19)9-14/h3-11H,1-2H3,(H,20,24)(H,22,25)/t11-/m1/s1. The first-order valence-electron chi connectivity index (χ1n) is 7.76. The number of H-pyrrole nitrogens is 1. The van der Waals surface area contributed by atoms with E-state index in [4.69, 9.17) is 0 Å². The normalized spacial score (nSPS) is 12.0. The summed E-state index contributed by atoms with van der Waals surface area (Å²) in [5.41, 5.74) is 1.76. The van der Waals surface area contributed by atoms with E-state index in [9.17, 15) is 14.0 Å². The van der Waals surface area contributed by atoms with Crippen molar-refractivity contribution in [2.24, 2.45) is 0 Å². The molecule has 0 saturated carbocycles. The smallest absolute Gasteiger partial charge is 0.260 e. The minimum Gasteiger partial charge on any atom is -0.345 e. The zero-order chi connectivity index (χ0) is 18.0. The first-order valence-corrected chi connectivity index (χ1v) is 7.76. The molecule has 7 heteroatoms. The number of rotatable bonds is 4. The van der Waals surface area contributed by atoms with Gasteiger partial charge in [0.1, 0.15) is 11.4 Å². The number of nitrogens with one attached hydrogen (secondary N) is 2. The van der Waals surface area contributed by atoms with Crippen molar-refractivity contribution in [3.63, 3.8) is 0 Å². The number of amides is 1. The predicted molar refractivity (Wildman–Crippen MR) is 91.2 cm³/mol. The van der Waals surface area contributed by atoms with Crippen molar-refractivity contribution in [3.05, 3.63) is 81.8 Å². The lowest BCUT2D eigenvalue weighted by Gasteiger charge is -2.14. The van der Waals surface area contributed by atoms with Gasteiger partial charge in [0.25, 0.3) is 11.5 Å². The van der Waals surface area contributed by atoms with Gasteiger partial charge in [0, 0.05) is 17.5 Å². The molecule has 2 heterocycles. The quantitative estimate of drug-likeness (QED) is 0.766. The molecule has 0 bridgehead atoms. The third-order valence-corrected chi connectivity index (χ3v) is 3.98. The maximum absolute atomic E-state index is 13.4. The van der Waals surface area contributed by atoms with E-state index in [2.05, 4.69) is 15.4 Å². The van der Waals surface area contributed by atoms with Gasteiger partial charge in [0.05, 0.1) is 17.9 Å². The maximum atomic E-state index is 13.4. The molecule has 0 unspecified atom stereocenters. The Kier molecular flexibility index (Phi) is 4.47. The molecule has 2 aromatic heterocycles. The van der Waals surface area contributed by atoms with Crippen molar-refractivity contribution in [2.45, 2.75) is 19.9 Å². The van der Waals surface area contributed by atoms with Crippen LogP contribution in [0.15, 0.2) is 53.6 Å². The summed E-state index contributed by atoms with van der Waals surface area (Å²) in [6.45, 7) is 3.64. The highest BCUT2D eigenvalue weighted by Crippen LogP contribution is 2.20. The summed E-state index contributed by atoms with van der Waals surface area (Å²) in [5.74, 6) is -0.814. The SMILES string of the molecule is Cc1c([C@@H](C)NC(=O)c2ccc[nH]c2=O)cnn1-c1cccc(F)c1. The lowest BCUT2D eigenvalue weighted by molar-refractivity contribution is 0.0938. The minimum absolute atomic E-state index is 0.0459. The summed E-state index contributed by atoms with van der Waals surface area (Å²) >= 11 is 0. The first-order chi connectivity index (χ1) is 12.0. The number of carbonyl (C=O) groups is 1. The minimum atomic E-state index is -0.466. The van der Waals surface area contributed by atoms with E-state index < -0.39 is 11.5 Å². The monoisotopic (exact) mass is 340 g/mol. The molecular formula is C18H17FN4O2. The van der Waals surface area contributed by atoms with Gasteiger partial charge in [-0.15, -0.1) is 0 Å². The van der Waals surface area contributed by atoms with Gasteiger partial charge in [-0.1, -0.05) is 6.07 Å². The van der Waals surface area contributed by atoms with E-state index in [1.54, 1.807) is 36.0 Å². The lowest BCUT2D eigenvalue weighted by atomic mass is 10.1. The number of aromatic nitrogens is 3. The summed E-state index contributed by atoms with van der Waals surface area (Å²) in [4.78, 5) is 26.4. The van der Waals surface area contributed by atoms with Crippen LogP contribution in [0.2, 0.25) is 0 Å². The van der Waals surface area contributed by atoms with E-state index in [0.29, 0.717) is 5.69 Å². The van der Waals surface area contributed by atoms with Gasteiger partial charge in [0.15, 0.2) is 0 Å². The molecule has 1 atom stereocenters. The number of nitrogens with zero attached hydrogens (tertiary/aromatic N) is 2. The van der Waals surface area contributed by atoms with Crippen LogP contribution in [0.3, 0.4) is 0 Å². The highest BCUT2D eigenvalue weighted by molar-refractivity contribution is 5.94. The fourth-order valence-corrected chi connectivity index (χ4v) is 2.67. The van der Waals surface area contributed by atoms with Gasteiger partial charge in [0.2, 0.25) is 0 Å². The highest BCUT2D eigenvalue weighted by atomic mass is 19.1. The number of aromatic amines is 1. The number of pyridine rings is 1. The van der Waals surface area contributed by atoms with Gasteiger partial charge >= 0.3 is 0 Å². The summed E-state index contributed by atoms with van der Waals surface area (Å²) in [5, 5.41) is 7.06. The van der Waals surface area contributed by atoms with Gasteiger partial charge in [-0.3, -0.25) is 9.59 Å². The number of benzene rings is 1. The molecule has 2 N–H and O–H groups in total. The van der Waals surface area contributed by atoms with Crippen molar-refractivity contribution in [1.29, 1.82) is 0 Å². The Hall–Kier alpha value is -3.22. The van der Waals surface area contributed by atoms with Gasteiger partial charge in [-0.2, -0.15) is 5.10 Å². The van der Waals surface area contributed by atoms with Crippen molar-refractivity contribution in [3.8, 4) is 5.69 Å². The largest absolute Gasteiger partial charge is 0.345 e. The lowest BCUT2D eigenvalue weighted by Crippen LogP contribution is -2.31. The fraction of sp³-hybridized carbons (Fsp3) is 0.167. The van der Waals surface area contributed by atoms with Crippen molar-refractivity contribution >= 4 is 5.91 Å². The molecule has 128 valence electrons. The van der Waals surface area contributed by atoms with Crippen LogP contribution in [0, 0.1) is 12.7 Å².